The summed E-state index contributed by atoms with van der Waals surface area (Å²) in [6.45, 7) is 14.1. The first-order chi connectivity index (χ1) is 37.8. The number of nitrogens with zero attached hydrogens (tertiary/aromatic N) is 4. The van der Waals surface area contributed by atoms with Crippen LogP contribution < -0.4 is 0 Å². The molecule has 10 rings (SSSR count). The number of para-hydroxylation sites is 1. The Hall–Kier alpha value is -7.94. The lowest BCUT2D eigenvalue weighted by Crippen LogP contribution is -2.23. The Morgan fingerprint density at radius 3 is 1.67 bits per heavy atom. The summed E-state index contributed by atoms with van der Waals surface area (Å²) in [6, 6.07) is 51.1. The molecule has 0 saturated carbocycles. The molecule has 0 amide bonds. The maximum Gasteiger partial charge on any atom is 0.144 e. The highest BCUT2D eigenvalue weighted by atomic mass is 16.3. The number of nitriles is 1. The second kappa shape index (κ2) is 19.7. The van der Waals surface area contributed by atoms with E-state index in [1.807, 2.05) is 118 Å². The molecule has 4 aromatic heterocycles. The molecule has 6 aromatic carbocycles. The van der Waals surface area contributed by atoms with Gasteiger partial charge in [0.2, 0.25) is 0 Å². The third kappa shape index (κ3) is 10.6. The van der Waals surface area contributed by atoms with E-state index < -0.39 is 35.4 Å². The molecule has 4 heterocycles. The minimum Gasteiger partial charge on any atom is -0.455 e. The number of aromatic nitrogens is 3. The molecule has 0 radical (unpaired) electrons. The Bertz CT molecular complexity index is 3860. The fourth-order valence-corrected chi connectivity index (χ4v) is 9.59. The minimum absolute atomic E-state index is 0.0256. The van der Waals surface area contributed by atoms with Gasteiger partial charge in [0.1, 0.15) is 11.2 Å². The average Bonchev–Trinajstić information content (AvgIpc) is 4.03. The van der Waals surface area contributed by atoms with Crippen LogP contribution in [0, 0.1) is 16.7 Å². The van der Waals surface area contributed by atoms with Gasteiger partial charge in [-0.2, -0.15) is 5.26 Å². The highest BCUT2D eigenvalue weighted by molar-refractivity contribution is 6.09. The number of pyridine rings is 3. The van der Waals surface area contributed by atoms with Gasteiger partial charge in [-0.05, 0) is 141 Å². The van der Waals surface area contributed by atoms with Gasteiger partial charge in [-0.1, -0.05) is 176 Å². The molecular formula is C67H62N4O. The van der Waals surface area contributed by atoms with Crippen molar-refractivity contribution in [3.05, 3.63) is 233 Å². The number of aryl methyl sites for hydroxylation is 2. The van der Waals surface area contributed by atoms with Crippen LogP contribution in [0.25, 0.3) is 66.8 Å². The average molecular weight is 947 g/mol. The van der Waals surface area contributed by atoms with Gasteiger partial charge in [-0.3, -0.25) is 15.0 Å². The molecule has 5 nitrogen and oxygen atoms in total. The van der Waals surface area contributed by atoms with E-state index in [2.05, 4.69) is 45.9 Å². The largest absolute Gasteiger partial charge is 0.455 e. The molecular weight excluding hydrogens is 877 g/mol. The number of hydrogen-bond acceptors (Lipinski definition) is 5. The van der Waals surface area contributed by atoms with Crippen molar-refractivity contribution in [1.82, 2.24) is 15.0 Å². The van der Waals surface area contributed by atoms with Crippen molar-refractivity contribution in [2.24, 2.45) is 5.41 Å². The van der Waals surface area contributed by atoms with Gasteiger partial charge in [-0.15, -0.1) is 0 Å². The maximum absolute atomic E-state index is 10.1. The molecule has 5 heteroatoms. The smallest absolute Gasteiger partial charge is 0.144 e. The van der Waals surface area contributed by atoms with Crippen molar-refractivity contribution in [2.45, 2.75) is 91.3 Å². The van der Waals surface area contributed by atoms with Crippen LogP contribution >= 0.6 is 0 Å². The molecule has 0 aliphatic carbocycles. The molecule has 10 aromatic rings. The van der Waals surface area contributed by atoms with E-state index >= 15 is 0 Å². The zero-order valence-electron chi connectivity index (χ0n) is 49.9. The van der Waals surface area contributed by atoms with Gasteiger partial charge in [0.25, 0.3) is 0 Å². The fourth-order valence-electron chi connectivity index (χ4n) is 9.59. The molecule has 0 saturated heterocycles. The Balaban J connectivity index is 1.10. The van der Waals surface area contributed by atoms with Gasteiger partial charge < -0.3 is 4.42 Å². The lowest BCUT2D eigenvalue weighted by Gasteiger charge is -2.28. The van der Waals surface area contributed by atoms with E-state index in [9.17, 15) is 10.7 Å². The summed E-state index contributed by atoms with van der Waals surface area (Å²) in [5.74, 6) is 0. The van der Waals surface area contributed by atoms with Crippen LogP contribution in [0.2, 0.25) is 0 Å². The fraction of sp³-hybridized carbons (Fsp3) is 0.224. The van der Waals surface area contributed by atoms with Crippen molar-refractivity contribution in [3.63, 3.8) is 0 Å². The van der Waals surface area contributed by atoms with Gasteiger partial charge in [0.05, 0.1) is 31.5 Å². The SMILES string of the molecule is [2H]c1cc2c(oc3c(-c4cc(-c5ccc(C([2H])([2H])C(C)(C)C)cc5)c(C([2H])([2H])C([2H])([2H])c5cc(CC(C)(C)c6ccc(-c7ccccc7)nc6)cc(CC(C)(C)c6ccc(-c7ccccc7)nc6)c5)cn4)cccc32)c([2H])c1C#N. The Morgan fingerprint density at radius 1 is 0.528 bits per heavy atom. The summed E-state index contributed by atoms with van der Waals surface area (Å²) >= 11 is 0. The van der Waals surface area contributed by atoms with Crippen LogP contribution in [-0.4, -0.2) is 15.0 Å². The summed E-state index contributed by atoms with van der Waals surface area (Å²) < 4.78 is 82.2. The molecule has 0 bridgehead atoms. The van der Waals surface area contributed by atoms with Crippen LogP contribution in [0.1, 0.15) is 104 Å². The van der Waals surface area contributed by atoms with E-state index in [-0.39, 0.29) is 34.4 Å². The Labute approximate surface area is 436 Å². The predicted molar refractivity (Wildman–Crippen MR) is 297 cm³/mol. The molecule has 0 unspecified atom stereocenters. The zero-order valence-corrected chi connectivity index (χ0v) is 41.9. The van der Waals surface area contributed by atoms with Gasteiger partial charge in [-0.25, -0.2) is 0 Å². The van der Waals surface area contributed by atoms with Crippen LogP contribution in [0.5, 0.6) is 0 Å². The van der Waals surface area contributed by atoms with Crippen molar-refractivity contribution in [1.29, 1.82) is 5.26 Å². The van der Waals surface area contributed by atoms with Gasteiger partial charge in [0.15, 0.2) is 0 Å². The molecule has 0 spiro atoms. The van der Waals surface area contributed by atoms with Gasteiger partial charge in [0, 0.05) is 54.3 Å². The van der Waals surface area contributed by atoms with Gasteiger partial charge >= 0.3 is 0 Å². The quantitative estimate of drug-likeness (QED) is 0.109. The molecule has 0 fully saturated rings. The maximum atomic E-state index is 10.1. The molecule has 0 aliphatic heterocycles. The van der Waals surface area contributed by atoms with Crippen molar-refractivity contribution in [2.75, 3.05) is 0 Å². The summed E-state index contributed by atoms with van der Waals surface area (Å²) in [5, 5.41) is 10.9. The minimum atomic E-state index is -2.74. The number of furan rings is 1. The van der Waals surface area contributed by atoms with E-state index in [0.717, 1.165) is 44.8 Å². The first-order valence-electron chi connectivity index (χ1n) is 28.5. The van der Waals surface area contributed by atoms with E-state index in [1.165, 1.54) is 12.3 Å². The van der Waals surface area contributed by atoms with Crippen molar-refractivity contribution < 1.29 is 15.4 Å². The first-order valence-corrected chi connectivity index (χ1v) is 24.5. The van der Waals surface area contributed by atoms with Crippen molar-refractivity contribution in [3.8, 4) is 51.0 Å². The van der Waals surface area contributed by atoms with Crippen LogP contribution in [-0.2, 0) is 42.8 Å². The molecule has 72 heavy (non-hydrogen) atoms. The lowest BCUT2D eigenvalue weighted by molar-refractivity contribution is 0.411. The molecule has 0 aliphatic rings. The Kier molecular flexibility index (Phi) is 10.6. The van der Waals surface area contributed by atoms with E-state index in [0.29, 0.717) is 57.1 Å². The third-order valence-electron chi connectivity index (χ3n) is 13.3. The predicted octanol–water partition coefficient (Wildman–Crippen LogP) is 16.7. The summed E-state index contributed by atoms with van der Waals surface area (Å²) in [5.41, 5.74) is 8.34. The van der Waals surface area contributed by atoms with Crippen LogP contribution in [0.3, 0.4) is 0 Å². The number of hydrogen-bond donors (Lipinski definition) is 0. The monoisotopic (exact) mass is 947 g/mol. The second-order valence-corrected chi connectivity index (χ2v) is 21.0. The second-order valence-electron chi connectivity index (χ2n) is 21.0. The molecule has 0 atom stereocenters. The highest BCUT2D eigenvalue weighted by Crippen LogP contribution is 2.39. The topological polar surface area (TPSA) is 75.6 Å². The number of rotatable bonds is 14. The summed E-state index contributed by atoms with van der Waals surface area (Å²) in [6.07, 6.45) is -0.988. The van der Waals surface area contributed by atoms with E-state index in [4.69, 9.17) is 24.9 Å². The van der Waals surface area contributed by atoms with Crippen molar-refractivity contribution >= 4 is 21.9 Å². The summed E-state index contributed by atoms with van der Waals surface area (Å²) in [4.78, 5) is 14.6. The first kappa shape index (κ1) is 38.8. The standard InChI is InChI=1S/C67H62N4O/c1-65(2,3)38-45-21-25-50(26-22-45)59-37-62(58-20-14-19-57-56-30-24-47(41-68)36-63(56)72-64(57)58)69-42-53(59)27-23-46-33-48(39-66(4,5)54-28-31-60(70-43-54)51-15-10-8-11-16-51)35-49(34-46)40-67(6,7)55-29-32-61(71-44-55)52-17-12-9-13-18-52/h8-22,24-26,28-37,42-44H,23,27,38-40H2,1-7H3/i23D2,24D,27D2,36D,38D2. The highest BCUT2D eigenvalue weighted by Gasteiger charge is 2.26. The molecule has 0 N–H and O–H groups in total. The number of fused-ring (bicyclic) bond motifs is 3. The van der Waals surface area contributed by atoms with E-state index in [1.54, 1.807) is 54.6 Å². The summed E-state index contributed by atoms with van der Waals surface area (Å²) in [7, 11) is 0. The van der Waals surface area contributed by atoms with Crippen LogP contribution in [0.4, 0.5) is 0 Å². The lowest BCUT2D eigenvalue weighted by atomic mass is 9.77. The Morgan fingerprint density at radius 2 is 1.11 bits per heavy atom. The zero-order chi connectivity index (χ0) is 57.2. The third-order valence-corrected chi connectivity index (χ3v) is 13.3. The normalized spacial score (nSPS) is 14.3. The number of benzene rings is 6. The van der Waals surface area contributed by atoms with Crippen LogP contribution in [0.15, 0.2) is 193 Å². The molecule has 356 valence electrons.